The molecule has 12 heavy (non-hydrogen) atoms. The number of benzene rings is 1. The minimum atomic E-state index is -0.0392. The van der Waals surface area contributed by atoms with Crippen molar-refractivity contribution in [3.05, 3.63) is 27.7 Å². The Bertz CT molecular complexity index is 274. The summed E-state index contributed by atoms with van der Waals surface area (Å²) in [6.45, 7) is 3.82. The van der Waals surface area contributed by atoms with E-state index in [0.29, 0.717) is 0 Å². The van der Waals surface area contributed by atoms with Crippen LogP contribution in [-0.2, 0) is 0 Å². The van der Waals surface area contributed by atoms with Crippen molar-refractivity contribution in [1.82, 2.24) is 0 Å². The summed E-state index contributed by atoms with van der Waals surface area (Å²) < 4.78 is 0.743. The monoisotopic (exact) mass is 229 g/mol. The fourth-order valence-corrected chi connectivity index (χ4v) is 1.27. The van der Waals surface area contributed by atoms with Crippen LogP contribution >= 0.6 is 15.9 Å². The van der Waals surface area contributed by atoms with Crippen molar-refractivity contribution >= 4 is 15.9 Å². The molecule has 0 aliphatic rings. The van der Waals surface area contributed by atoms with Crippen molar-refractivity contribution in [2.45, 2.75) is 19.9 Å². The first kappa shape index (κ1) is 9.55. The molecule has 0 heterocycles. The minimum Gasteiger partial charge on any atom is -0.507 e. The maximum Gasteiger partial charge on any atom is 0.130 e. The van der Waals surface area contributed by atoms with Gasteiger partial charge in [0.2, 0.25) is 0 Å². The third kappa shape index (κ3) is 1.79. The van der Waals surface area contributed by atoms with Gasteiger partial charge in [-0.15, -0.1) is 0 Å². The van der Waals surface area contributed by atoms with Gasteiger partial charge in [-0.05, 0) is 47.0 Å². The normalized spacial score (nSPS) is 13.0. The zero-order valence-corrected chi connectivity index (χ0v) is 8.72. The van der Waals surface area contributed by atoms with Gasteiger partial charge in [-0.3, -0.25) is 0 Å². The van der Waals surface area contributed by atoms with Gasteiger partial charge in [0.15, 0.2) is 0 Å². The highest BCUT2D eigenvalue weighted by Gasteiger charge is 2.06. The van der Waals surface area contributed by atoms with Gasteiger partial charge >= 0.3 is 0 Å². The van der Waals surface area contributed by atoms with E-state index in [-0.39, 0.29) is 11.8 Å². The zero-order chi connectivity index (χ0) is 9.30. The molecule has 0 amide bonds. The lowest BCUT2D eigenvalue weighted by molar-refractivity contribution is 0.470. The summed E-state index contributed by atoms with van der Waals surface area (Å²) >= 11 is 3.27. The third-order valence-electron chi connectivity index (χ3n) is 1.78. The van der Waals surface area contributed by atoms with E-state index in [0.717, 1.165) is 15.6 Å². The number of rotatable bonds is 1. The Morgan fingerprint density at radius 2 is 2.08 bits per heavy atom. The minimum absolute atomic E-state index is 0.0392. The molecular weight excluding hydrogens is 218 g/mol. The molecule has 0 spiro atoms. The third-order valence-corrected chi connectivity index (χ3v) is 2.82. The number of hydrogen-bond acceptors (Lipinski definition) is 2. The number of hydrogen-bond donors (Lipinski definition) is 2. The van der Waals surface area contributed by atoms with Gasteiger partial charge in [0.25, 0.3) is 0 Å². The summed E-state index contributed by atoms with van der Waals surface area (Å²) in [5, 5.41) is 9.43. The van der Waals surface area contributed by atoms with Crippen LogP contribution in [0.15, 0.2) is 16.6 Å². The molecular formula is C9H12BrNO. The first-order valence-electron chi connectivity index (χ1n) is 3.77. The molecule has 0 aliphatic heterocycles. The van der Waals surface area contributed by atoms with E-state index in [9.17, 15) is 5.11 Å². The van der Waals surface area contributed by atoms with Gasteiger partial charge < -0.3 is 10.8 Å². The van der Waals surface area contributed by atoms with Crippen LogP contribution in [0.3, 0.4) is 0 Å². The molecule has 0 saturated heterocycles. The zero-order valence-electron chi connectivity index (χ0n) is 7.13. The van der Waals surface area contributed by atoms with E-state index < -0.39 is 0 Å². The Balaban J connectivity index is 3.21. The fraction of sp³-hybridized carbons (Fsp3) is 0.333. The molecule has 0 bridgehead atoms. The van der Waals surface area contributed by atoms with E-state index >= 15 is 0 Å². The summed E-state index contributed by atoms with van der Waals surface area (Å²) in [6, 6.07) is 3.61. The summed E-state index contributed by atoms with van der Waals surface area (Å²) in [5.74, 6) is 0.252. The van der Waals surface area contributed by atoms with Crippen LogP contribution < -0.4 is 5.73 Å². The van der Waals surface area contributed by atoms with Crippen LogP contribution in [0.4, 0.5) is 0 Å². The Hall–Kier alpha value is -0.540. The number of phenolic OH excluding ortho intramolecular Hbond substituents is 1. The molecule has 0 saturated carbocycles. The molecule has 1 rings (SSSR count). The van der Waals surface area contributed by atoms with Crippen molar-refractivity contribution in [2.24, 2.45) is 5.73 Å². The van der Waals surface area contributed by atoms with Crippen LogP contribution in [0.25, 0.3) is 0 Å². The lowest BCUT2D eigenvalue weighted by Gasteiger charge is -2.09. The van der Waals surface area contributed by atoms with Gasteiger partial charge in [-0.1, -0.05) is 6.07 Å². The lowest BCUT2D eigenvalue weighted by atomic mass is 10.1. The van der Waals surface area contributed by atoms with Gasteiger partial charge in [-0.2, -0.15) is 0 Å². The fourth-order valence-electron chi connectivity index (χ4n) is 1.04. The lowest BCUT2D eigenvalue weighted by Crippen LogP contribution is -2.04. The highest BCUT2D eigenvalue weighted by molar-refractivity contribution is 9.10. The summed E-state index contributed by atoms with van der Waals surface area (Å²) in [7, 11) is 0. The molecule has 1 unspecified atom stereocenters. The predicted octanol–water partition coefficient (Wildman–Crippen LogP) is 2.48. The van der Waals surface area contributed by atoms with Crippen molar-refractivity contribution in [1.29, 1.82) is 0 Å². The highest BCUT2D eigenvalue weighted by Crippen LogP contribution is 2.30. The molecule has 2 nitrogen and oxygen atoms in total. The number of phenols is 1. The van der Waals surface area contributed by atoms with Crippen LogP contribution in [0.2, 0.25) is 0 Å². The standard InChI is InChI=1S/C9H12BrNO/c1-5-3-7(6(2)11)4-8(12)9(5)10/h3-4,6,12H,11H2,1-2H3. The number of halogens is 1. The molecule has 0 aromatic heterocycles. The van der Waals surface area contributed by atoms with Crippen molar-refractivity contribution < 1.29 is 5.11 Å². The summed E-state index contributed by atoms with van der Waals surface area (Å²) in [6.07, 6.45) is 0. The second-order valence-corrected chi connectivity index (χ2v) is 3.75. The Morgan fingerprint density at radius 3 is 2.50 bits per heavy atom. The van der Waals surface area contributed by atoms with Gasteiger partial charge in [0, 0.05) is 6.04 Å². The van der Waals surface area contributed by atoms with Crippen molar-refractivity contribution in [3.63, 3.8) is 0 Å². The van der Waals surface area contributed by atoms with Crippen LogP contribution in [-0.4, -0.2) is 5.11 Å². The highest BCUT2D eigenvalue weighted by atomic mass is 79.9. The SMILES string of the molecule is Cc1cc(C(C)N)cc(O)c1Br. The average molecular weight is 230 g/mol. The largest absolute Gasteiger partial charge is 0.507 e. The first-order chi connectivity index (χ1) is 5.52. The van der Waals surface area contributed by atoms with E-state index in [2.05, 4.69) is 15.9 Å². The van der Waals surface area contributed by atoms with Crippen LogP contribution in [0.1, 0.15) is 24.1 Å². The molecule has 3 heteroatoms. The Morgan fingerprint density at radius 1 is 1.50 bits per heavy atom. The predicted molar refractivity (Wildman–Crippen MR) is 53.1 cm³/mol. The summed E-state index contributed by atoms with van der Waals surface area (Å²) in [5.41, 5.74) is 7.63. The molecule has 3 N–H and O–H groups in total. The van der Waals surface area contributed by atoms with Gasteiger partial charge in [0.1, 0.15) is 5.75 Å². The number of aromatic hydroxyl groups is 1. The van der Waals surface area contributed by atoms with Crippen molar-refractivity contribution in [3.8, 4) is 5.75 Å². The molecule has 0 fully saturated rings. The molecule has 0 radical (unpaired) electrons. The number of aryl methyl sites for hydroxylation is 1. The average Bonchev–Trinajstić information content (AvgIpc) is 1.99. The smallest absolute Gasteiger partial charge is 0.130 e. The molecule has 1 atom stereocenters. The van der Waals surface area contributed by atoms with Crippen molar-refractivity contribution in [2.75, 3.05) is 0 Å². The molecule has 1 aromatic carbocycles. The molecule has 66 valence electrons. The molecule has 1 aromatic rings. The van der Waals surface area contributed by atoms with Crippen LogP contribution in [0, 0.1) is 6.92 Å². The quantitative estimate of drug-likeness (QED) is 0.778. The number of nitrogens with two attached hydrogens (primary N) is 1. The van der Waals surface area contributed by atoms with Gasteiger partial charge in [0.05, 0.1) is 4.47 Å². The topological polar surface area (TPSA) is 46.2 Å². The van der Waals surface area contributed by atoms with E-state index in [4.69, 9.17) is 5.73 Å². The second kappa shape index (κ2) is 3.46. The maximum atomic E-state index is 9.43. The second-order valence-electron chi connectivity index (χ2n) is 2.96. The van der Waals surface area contributed by atoms with E-state index in [1.165, 1.54) is 0 Å². The Kier molecular flexibility index (Phi) is 2.75. The molecule has 0 aliphatic carbocycles. The maximum absolute atomic E-state index is 9.43. The summed E-state index contributed by atoms with van der Waals surface area (Å²) in [4.78, 5) is 0. The Labute approximate surface area is 80.5 Å². The van der Waals surface area contributed by atoms with E-state index in [1.807, 2.05) is 19.9 Å². The van der Waals surface area contributed by atoms with Gasteiger partial charge in [-0.25, -0.2) is 0 Å². The first-order valence-corrected chi connectivity index (χ1v) is 4.56. The van der Waals surface area contributed by atoms with Crippen LogP contribution in [0.5, 0.6) is 5.75 Å². The van der Waals surface area contributed by atoms with E-state index in [1.54, 1.807) is 6.07 Å².